The van der Waals surface area contributed by atoms with Crippen molar-refractivity contribution in [2.45, 2.75) is 63.9 Å². The third-order valence-corrected chi connectivity index (χ3v) is 5.71. The van der Waals surface area contributed by atoms with E-state index in [0.717, 1.165) is 19.3 Å². The van der Waals surface area contributed by atoms with Gasteiger partial charge in [0.25, 0.3) is 0 Å². The standard InChI is InChI=1S/C21H29FN2O5/c1-21(2,3)29-20(27)24-9-8-13(19(25)26)14(11-24)18-17(22)16(12-6-5-7-12)15(28-4)10-23-18/h10,12-14H,5-9,11H2,1-4H3,(H,25,26)/t13-,14-/m1/s1. The molecule has 7 nitrogen and oxygen atoms in total. The molecular formula is C21H29FN2O5. The van der Waals surface area contributed by atoms with Crippen molar-refractivity contribution in [3.05, 3.63) is 23.3 Å². The molecule has 0 aromatic carbocycles. The molecule has 8 heteroatoms. The zero-order valence-corrected chi connectivity index (χ0v) is 17.4. The van der Waals surface area contributed by atoms with E-state index in [9.17, 15) is 14.7 Å². The van der Waals surface area contributed by atoms with E-state index in [0.29, 0.717) is 11.3 Å². The van der Waals surface area contributed by atoms with Crippen LogP contribution in [0.15, 0.2) is 6.20 Å². The molecule has 1 aliphatic heterocycles. The third-order valence-electron chi connectivity index (χ3n) is 5.71. The van der Waals surface area contributed by atoms with Crippen molar-refractivity contribution < 1.29 is 28.6 Å². The second kappa shape index (κ2) is 8.16. The van der Waals surface area contributed by atoms with Crippen molar-refractivity contribution in [3.63, 3.8) is 0 Å². The van der Waals surface area contributed by atoms with Crippen molar-refractivity contribution in [1.82, 2.24) is 9.88 Å². The number of carbonyl (C=O) groups is 2. The van der Waals surface area contributed by atoms with Crippen molar-refractivity contribution in [3.8, 4) is 5.75 Å². The van der Waals surface area contributed by atoms with Crippen LogP contribution in [0.25, 0.3) is 0 Å². The number of hydrogen-bond acceptors (Lipinski definition) is 5. The number of ether oxygens (including phenoxy) is 2. The lowest BCUT2D eigenvalue weighted by molar-refractivity contribution is -0.144. The Hall–Kier alpha value is -2.38. The largest absolute Gasteiger partial charge is 0.495 e. The number of methoxy groups -OCH3 is 1. The van der Waals surface area contributed by atoms with E-state index in [2.05, 4.69) is 4.98 Å². The first-order valence-electron chi connectivity index (χ1n) is 10.1. The molecule has 2 atom stereocenters. The highest BCUT2D eigenvalue weighted by molar-refractivity contribution is 5.73. The summed E-state index contributed by atoms with van der Waals surface area (Å²) in [5.74, 6) is -2.64. The van der Waals surface area contributed by atoms with E-state index in [1.54, 1.807) is 20.8 Å². The molecule has 1 aromatic rings. The van der Waals surface area contributed by atoms with Crippen molar-refractivity contribution >= 4 is 12.1 Å². The summed E-state index contributed by atoms with van der Waals surface area (Å²) in [6.45, 7) is 5.59. The zero-order valence-electron chi connectivity index (χ0n) is 17.4. The lowest BCUT2D eigenvalue weighted by Crippen LogP contribution is -2.47. The molecular weight excluding hydrogens is 379 g/mol. The summed E-state index contributed by atoms with van der Waals surface area (Å²) in [6, 6.07) is 0. The van der Waals surface area contributed by atoms with Crippen molar-refractivity contribution in [1.29, 1.82) is 0 Å². The Morgan fingerprint density at radius 3 is 2.48 bits per heavy atom. The lowest BCUT2D eigenvalue weighted by Gasteiger charge is -2.37. The second-order valence-electron chi connectivity index (χ2n) is 8.83. The number of carboxylic acids is 1. The third kappa shape index (κ3) is 4.46. The number of carboxylic acid groups (broad SMARTS) is 1. The molecule has 160 valence electrons. The molecule has 1 aromatic heterocycles. The maximum atomic E-state index is 15.5. The molecule has 2 aliphatic rings. The minimum Gasteiger partial charge on any atom is -0.495 e. The molecule has 1 aliphatic carbocycles. The SMILES string of the molecule is COc1cnc([C@@H]2CN(C(=O)OC(C)(C)C)CC[C@H]2C(=O)O)c(F)c1C1CCC1. The van der Waals surface area contributed by atoms with Gasteiger partial charge in [-0.2, -0.15) is 0 Å². The maximum Gasteiger partial charge on any atom is 0.410 e. The number of aliphatic carboxylic acids is 1. The summed E-state index contributed by atoms with van der Waals surface area (Å²) >= 11 is 0. The van der Waals surface area contributed by atoms with Gasteiger partial charge in [0.2, 0.25) is 0 Å². The van der Waals surface area contributed by atoms with Gasteiger partial charge < -0.3 is 19.5 Å². The minimum absolute atomic E-state index is 0.0479. The summed E-state index contributed by atoms with van der Waals surface area (Å²) in [6.07, 6.45) is 3.92. The molecule has 1 amide bonds. The molecule has 1 saturated heterocycles. The average molecular weight is 408 g/mol. The van der Waals surface area contributed by atoms with E-state index in [4.69, 9.17) is 9.47 Å². The van der Waals surface area contributed by atoms with Gasteiger partial charge in [-0.05, 0) is 46.0 Å². The molecule has 2 fully saturated rings. The smallest absolute Gasteiger partial charge is 0.410 e. The molecule has 1 N–H and O–H groups in total. The van der Waals surface area contributed by atoms with Gasteiger partial charge >= 0.3 is 12.1 Å². The van der Waals surface area contributed by atoms with Crippen LogP contribution in [-0.4, -0.2) is 52.9 Å². The molecule has 1 saturated carbocycles. The Balaban J connectivity index is 1.94. The topological polar surface area (TPSA) is 89.0 Å². The molecule has 0 spiro atoms. The summed E-state index contributed by atoms with van der Waals surface area (Å²) in [4.78, 5) is 30.0. The quantitative estimate of drug-likeness (QED) is 0.812. The van der Waals surface area contributed by atoms with E-state index >= 15 is 4.39 Å². The fourth-order valence-electron chi connectivity index (χ4n) is 4.02. The number of likely N-dealkylation sites (tertiary alicyclic amines) is 1. The summed E-state index contributed by atoms with van der Waals surface area (Å²) in [7, 11) is 1.48. The lowest BCUT2D eigenvalue weighted by atomic mass is 9.77. The highest BCUT2D eigenvalue weighted by Gasteiger charge is 2.41. The Morgan fingerprint density at radius 2 is 1.97 bits per heavy atom. The summed E-state index contributed by atoms with van der Waals surface area (Å²) in [5.41, 5.74) is -0.104. The highest BCUT2D eigenvalue weighted by atomic mass is 19.1. The van der Waals surface area contributed by atoms with E-state index in [1.165, 1.54) is 18.2 Å². The van der Waals surface area contributed by atoms with Crippen LogP contribution in [0.1, 0.15) is 69.5 Å². The summed E-state index contributed by atoms with van der Waals surface area (Å²) in [5, 5.41) is 9.70. The fraction of sp³-hybridized carbons (Fsp3) is 0.667. The Morgan fingerprint density at radius 1 is 1.28 bits per heavy atom. The number of piperidine rings is 1. The number of halogens is 1. The summed E-state index contributed by atoms with van der Waals surface area (Å²) < 4.78 is 26.3. The first-order valence-corrected chi connectivity index (χ1v) is 10.1. The van der Waals surface area contributed by atoms with Crippen molar-refractivity contribution in [2.24, 2.45) is 5.92 Å². The molecule has 0 bridgehead atoms. The Labute approximate surface area is 170 Å². The highest BCUT2D eigenvalue weighted by Crippen LogP contribution is 2.44. The number of carbonyl (C=O) groups excluding carboxylic acids is 1. The van der Waals surface area contributed by atoms with Crippen LogP contribution >= 0.6 is 0 Å². The van der Waals surface area contributed by atoms with Crippen LogP contribution in [-0.2, 0) is 9.53 Å². The Bertz CT molecular complexity index is 788. The number of rotatable bonds is 4. The molecule has 2 heterocycles. The van der Waals surface area contributed by atoms with Crippen LogP contribution in [0, 0.1) is 11.7 Å². The number of pyridine rings is 1. The second-order valence-corrected chi connectivity index (χ2v) is 8.83. The van der Waals surface area contributed by atoms with E-state index < -0.39 is 35.3 Å². The van der Waals surface area contributed by atoms with Gasteiger partial charge in [0, 0.05) is 24.6 Å². The number of amides is 1. The monoisotopic (exact) mass is 408 g/mol. The average Bonchev–Trinajstić information content (AvgIpc) is 2.59. The van der Waals surface area contributed by atoms with Crippen LogP contribution in [0.2, 0.25) is 0 Å². The molecule has 29 heavy (non-hydrogen) atoms. The number of aromatic nitrogens is 1. The van der Waals surface area contributed by atoms with Gasteiger partial charge in [0.05, 0.1) is 24.9 Å². The molecule has 3 rings (SSSR count). The van der Waals surface area contributed by atoms with Gasteiger partial charge in [-0.15, -0.1) is 0 Å². The minimum atomic E-state index is -1.01. The Kier molecular flexibility index (Phi) is 6.00. The van der Waals surface area contributed by atoms with Crippen LogP contribution in [0.4, 0.5) is 9.18 Å². The fourth-order valence-corrected chi connectivity index (χ4v) is 4.02. The van der Waals surface area contributed by atoms with Gasteiger partial charge in [-0.1, -0.05) is 6.42 Å². The predicted molar refractivity (Wildman–Crippen MR) is 104 cm³/mol. The van der Waals surface area contributed by atoms with Gasteiger partial charge in [0.1, 0.15) is 11.4 Å². The van der Waals surface area contributed by atoms with E-state index in [-0.39, 0.29) is 31.1 Å². The molecule has 0 radical (unpaired) electrons. The number of hydrogen-bond donors (Lipinski definition) is 1. The number of nitrogens with zero attached hydrogens (tertiary/aromatic N) is 2. The zero-order chi connectivity index (χ0) is 21.3. The maximum absolute atomic E-state index is 15.5. The van der Waals surface area contributed by atoms with Crippen LogP contribution in [0.3, 0.4) is 0 Å². The van der Waals surface area contributed by atoms with Gasteiger partial charge in [-0.25, -0.2) is 9.18 Å². The predicted octanol–water partition coefficient (Wildman–Crippen LogP) is 3.92. The van der Waals surface area contributed by atoms with Gasteiger partial charge in [-0.3, -0.25) is 9.78 Å². The van der Waals surface area contributed by atoms with Gasteiger partial charge in [0.15, 0.2) is 5.82 Å². The van der Waals surface area contributed by atoms with Crippen LogP contribution < -0.4 is 4.74 Å². The normalized spacial score (nSPS) is 22.7. The van der Waals surface area contributed by atoms with Crippen molar-refractivity contribution in [2.75, 3.05) is 20.2 Å². The first kappa shape index (κ1) is 21.3. The van der Waals surface area contributed by atoms with Crippen LogP contribution in [0.5, 0.6) is 5.75 Å². The first-order chi connectivity index (χ1) is 13.6. The molecule has 0 unspecified atom stereocenters. The van der Waals surface area contributed by atoms with E-state index in [1.807, 2.05) is 0 Å².